The number of fused-ring (bicyclic) bond motifs is 4. The van der Waals surface area contributed by atoms with Gasteiger partial charge in [-0.25, -0.2) is 0 Å². The molecule has 80 heavy (non-hydrogen) atoms. The van der Waals surface area contributed by atoms with Gasteiger partial charge in [-0.2, -0.15) is 29.9 Å². The molecule has 2 aliphatic carbocycles. The van der Waals surface area contributed by atoms with Crippen LogP contribution < -0.4 is 37.6 Å². The molecule has 0 atom stereocenters. The van der Waals surface area contributed by atoms with E-state index in [0.29, 0.717) is 55.2 Å². The number of para-hydroxylation sites is 2. The van der Waals surface area contributed by atoms with Gasteiger partial charge in [0.15, 0.2) is 0 Å². The van der Waals surface area contributed by atoms with Crippen LogP contribution in [-0.4, -0.2) is 110 Å². The topological polar surface area (TPSA) is 234 Å². The van der Waals surface area contributed by atoms with Crippen LogP contribution in [0, 0.1) is 5.41 Å². The monoisotopic (exact) mass is 1080 g/mol. The van der Waals surface area contributed by atoms with Gasteiger partial charge >= 0.3 is 0 Å². The molecular weight excluding hydrogens is 995 g/mol. The van der Waals surface area contributed by atoms with Crippen LogP contribution in [0.1, 0.15) is 105 Å². The summed E-state index contributed by atoms with van der Waals surface area (Å²) in [5.74, 6) is 3.56. The Kier molecular flexibility index (Phi) is 20.9. The summed E-state index contributed by atoms with van der Waals surface area (Å²) in [6.07, 6.45) is 21.7. The molecule has 0 unspecified atom stereocenters. The van der Waals surface area contributed by atoms with Gasteiger partial charge in [0.05, 0.1) is 5.84 Å². The summed E-state index contributed by atoms with van der Waals surface area (Å²) < 4.78 is 0. The predicted octanol–water partition coefficient (Wildman–Crippen LogP) is 11.7. The number of rotatable bonds is 32. The van der Waals surface area contributed by atoms with E-state index in [9.17, 15) is 0 Å². The lowest BCUT2D eigenvalue weighted by Gasteiger charge is -2.22. The Morgan fingerprint density at radius 1 is 0.475 bits per heavy atom. The molecule has 8 aromatic rings. The van der Waals surface area contributed by atoms with Crippen molar-refractivity contribution in [1.29, 1.82) is 5.41 Å². The van der Waals surface area contributed by atoms with Gasteiger partial charge in [0.1, 0.15) is 0 Å². The van der Waals surface area contributed by atoms with Crippen molar-refractivity contribution in [3.63, 3.8) is 0 Å². The molecule has 2 aliphatic rings. The van der Waals surface area contributed by atoms with E-state index < -0.39 is 0 Å². The second-order valence-electron chi connectivity index (χ2n) is 20.6. The van der Waals surface area contributed by atoms with Crippen molar-refractivity contribution >= 4 is 74.5 Å². The molecule has 0 saturated heterocycles. The van der Waals surface area contributed by atoms with Crippen molar-refractivity contribution in [2.45, 2.75) is 97.3 Å². The van der Waals surface area contributed by atoms with Crippen molar-refractivity contribution in [3.8, 4) is 0 Å². The van der Waals surface area contributed by atoms with Crippen LogP contribution in [0.5, 0.6) is 0 Å². The molecule has 11 N–H and O–H groups in total. The molecule has 0 amide bonds. The third-order valence-electron chi connectivity index (χ3n) is 14.7. The van der Waals surface area contributed by atoms with E-state index in [1.165, 1.54) is 99.6 Å². The highest BCUT2D eigenvalue weighted by Gasteiger charge is 2.16. The summed E-state index contributed by atoms with van der Waals surface area (Å²) in [5.41, 5.74) is 18.6. The summed E-state index contributed by atoms with van der Waals surface area (Å²) in [4.78, 5) is 37.2. The lowest BCUT2D eigenvalue weighted by atomic mass is 10.0. The lowest BCUT2D eigenvalue weighted by Crippen LogP contribution is -2.28. The zero-order valence-corrected chi connectivity index (χ0v) is 46.8. The van der Waals surface area contributed by atoms with E-state index in [1.807, 2.05) is 6.07 Å². The standard InChI is InChI=1S/C35H48N8.C28H33N9/c1-3-5-23-43(24-6-4-2)25-11-20-36-33-40-34(37-21-18-28-17-16-27-12-7-8-13-30(27)28)42-35(41-33)38-22-19-29-26-39-32-15-10-9-14-31(29)32;29-25(30)10-5-15-31-26-35-27(32-16-13-20-12-11-19-6-1-2-7-22(19)20)37-28(36-26)33-17-14-21-18-34-24-9-4-3-8-23(21)24/h7-10,12-15,17,26,39H,3-6,11,16,18-25H2,1-2H3,(H3,36,37,38,40,41,42);1-4,6-9,12,18,34H,5,10-11,13-17H2,(H3,29,30)(H3,31,32,33,35,36,37). The van der Waals surface area contributed by atoms with E-state index in [4.69, 9.17) is 26.1 Å². The van der Waals surface area contributed by atoms with Crippen molar-refractivity contribution < 1.29 is 0 Å². The summed E-state index contributed by atoms with van der Waals surface area (Å²) in [6.45, 7) is 12.4. The summed E-state index contributed by atoms with van der Waals surface area (Å²) in [5, 5.41) is 30.3. The van der Waals surface area contributed by atoms with Gasteiger partial charge in [-0.15, -0.1) is 0 Å². The van der Waals surface area contributed by atoms with Gasteiger partial charge in [-0.3, -0.25) is 5.41 Å². The summed E-state index contributed by atoms with van der Waals surface area (Å²) in [7, 11) is 0. The third-order valence-corrected chi connectivity index (χ3v) is 14.7. The SMILES string of the molecule is CCCCN(CCCC)CCCNc1nc(NCCC2=CCc3ccccc32)nc(NCCc2c[nH]c3ccccc23)n1.N=C(N)CCCNc1nc(NCCC2=CCc3ccccc32)nc(NCCc2c[nH]c3ccccc23)n1. The number of aromatic amines is 2. The second-order valence-corrected chi connectivity index (χ2v) is 20.6. The van der Waals surface area contributed by atoms with Crippen LogP contribution in [0.25, 0.3) is 33.0 Å². The van der Waals surface area contributed by atoms with Gasteiger partial charge in [0.2, 0.25) is 35.7 Å². The lowest BCUT2D eigenvalue weighted by molar-refractivity contribution is 0.264. The van der Waals surface area contributed by atoms with Gasteiger partial charge in [0.25, 0.3) is 0 Å². The first-order valence-electron chi connectivity index (χ1n) is 29.0. The molecule has 0 bridgehead atoms. The number of allylic oxidation sites excluding steroid dienone is 2. The fraction of sp³-hybridized carbons (Fsp3) is 0.381. The largest absolute Gasteiger partial charge is 0.388 e. The molecule has 4 aromatic heterocycles. The molecule has 17 heteroatoms. The number of nitrogens with two attached hydrogens (primary N) is 1. The number of anilines is 6. The van der Waals surface area contributed by atoms with Crippen molar-refractivity contribution in [1.82, 2.24) is 44.8 Å². The minimum atomic E-state index is 0.183. The van der Waals surface area contributed by atoms with Crippen LogP contribution in [0.3, 0.4) is 0 Å². The Bertz CT molecular complexity index is 3290. The van der Waals surface area contributed by atoms with Crippen molar-refractivity contribution in [2.24, 2.45) is 5.73 Å². The minimum Gasteiger partial charge on any atom is -0.388 e. The molecule has 10 rings (SSSR count). The molecule has 4 aromatic carbocycles. The average molecular weight is 1080 g/mol. The van der Waals surface area contributed by atoms with E-state index >= 15 is 0 Å². The molecule has 0 fully saturated rings. The number of hydrogen-bond donors (Lipinski definition) is 10. The molecule has 0 aliphatic heterocycles. The van der Waals surface area contributed by atoms with Crippen LogP contribution in [-0.2, 0) is 25.7 Å². The average Bonchev–Trinajstić information content (AvgIpc) is 4.30. The maximum absolute atomic E-state index is 7.41. The number of H-pyrrole nitrogens is 2. The molecule has 418 valence electrons. The van der Waals surface area contributed by atoms with Gasteiger partial charge in [-0.05, 0) is 141 Å². The Hall–Kier alpha value is -8.31. The summed E-state index contributed by atoms with van der Waals surface area (Å²) >= 11 is 0. The van der Waals surface area contributed by atoms with E-state index in [1.54, 1.807) is 0 Å². The Labute approximate surface area is 471 Å². The highest BCUT2D eigenvalue weighted by molar-refractivity contribution is 5.84. The Morgan fingerprint density at radius 3 is 1.29 bits per heavy atom. The van der Waals surface area contributed by atoms with E-state index in [-0.39, 0.29) is 5.84 Å². The quantitative estimate of drug-likeness (QED) is 0.0107. The first-order chi connectivity index (χ1) is 39.4. The summed E-state index contributed by atoms with van der Waals surface area (Å²) in [6, 6.07) is 34.0. The first-order valence-corrected chi connectivity index (χ1v) is 29.0. The third kappa shape index (κ3) is 16.4. The zero-order valence-electron chi connectivity index (χ0n) is 46.8. The van der Waals surface area contributed by atoms with Crippen LogP contribution in [0.2, 0.25) is 0 Å². The molecule has 0 saturated carbocycles. The first kappa shape index (κ1) is 56.4. The minimum absolute atomic E-state index is 0.183. The van der Waals surface area contributed by atoms with Crippen molar-refractivity contribution in [3.05, 3.63) is 155 Å². The number of unbranched alkanes of at least 4 members (excludes halogenated alkanes) is 2. The number of hydrogen-bond acceptors (Lipinski definition) is 14. The van der Waals surface area contributed by atoms with Crippen LogP contribution in [0.4, 0.5) is 35.7 Å². The van der Waals surface area contributed by atoms with Gasteiger partial charge in [-0.1, -0.05) is 124 Å². The number of nitrogens with zero attached hydrogens (tertiary/aromatic N) is 7. The van der Waals surface area contributed by atoms with Gasteiger partial charge in [0, 0.05) is 79.9 Å². The van der Waals surface area contributed by atoms with Crippen molar-refractivity contribution in [2.75, 3.05) is 90.8 Å². The normalized spacial score (nSPS) is 12.4. The number of benzene rings is 4. The van der Waals surface area contributed by atoms with Crippen LogP contribution >= 0.6 is 0 Å². The second kappa shape index (κ2) is 29.6. The van der Waals surface area contributed by atoms with Crippen LogP contribution in [0.15, 0.2) is 122 Å². The Balaban J connectivity index is 0.000000196. The highest BCUT2D eigenvalue weighted by atomic mass is 15.3. The fourth-order valence-electron chi connectivity index (χ4n) is 10.4. The van der Waals surface area contributed by atoms with E-state index in [0.717, 1.165) is 89.6 Å². The number of aromatic nitrogens is 8. The predicted molar refractivity (Wildman–Crippen MR) is 332 cm³/mol. The molecule has 4 heterocycles. The number of amidine groups is 1. The molecule has 17 nitrogen and oxygen atoms in total. The molecule has 0 spiro atoms. The van der Waals surface area contributed by atoms with Gasteiger partial charge < -0.3 is 52.5 Å². The molecule has 0 radical (unpaired) electrons. The van der Waals surface area contributed by atoms with E-state index in [2.05, 4.69) is 191 Å². The number of nitrogens with one attached hydrogen (secondary N) is 9. The maximum atomic E-state index is 7.41. The zero-order chi connectivity index (χ0) is 55.1. The maximum Gasteiger partial charge on any atom is 0.229 e. The Morgan fingerprint density at radius 2 is 0.850 bits per heavy atom. The smallest absolute Gasteiger partial charge is 0.229 e. The highest BCUT2D eigenvalue weighted by Crippen LogP contribution is 2.31. The molecular formula is C63H81N17. The fourth-order valence-corrected chi connectivity index (χ4v) is 10.4.